The van der Waals surface area contributed by atoms with Crippen molar-refractivity contribution in [3.05, 3.63) is 33.8 Å². The van der Waals surface area contributed by atoms with Gasteiger partial charge in [0, 0.05) is 23.6 Å². The number of benzene rings is 1. The zero-order valence-electron chi connectivity index (χ0n) is 14.5. The van der Waals surface area contributed by atoms with Gasteiger partial charge in [-0.05, 0) is 70.3 Å². The van der Waals surface area contributed by atoms with E-state index in [4.69, 9.17) is 4.74 Å². The number of ether oxygens (including phenoxy) is 1. The number of carbonyl (C=O) groups excluding carboxylic acids is 1. The van der Waals surface area contributed by atoms with Crippen molar-refractivity contribution in [2.24, 2.45) is 0 Å². The van der Waals surface area contributed by atoms with Crippen LogP contribution in [0.25, 0.3) is 0 Å². The molecule has 0 radical (unpaired) electrons. The number of likely N-dealkylation sites (tertiary alicyclic amines) is 1. The molecule has 2 rings (SSSR count). The molecular formula is C18H27BrN2O2. The van der Waals surface area contributed by atoms with E-state index >= 15 is 0 Å². The number of hydrogen-bond acceptors (Lipinski definition) is 3. The molecule has 0 aromatic heterocycles. The van der Waals surface area contributed by atoms with Gasteiger partial charge in [0.1, 0.15) is 5.60 Å². The van der Waals surface area contributed by atoms with E-state index in [0.29, 0.717) is 0 Å². The van der Waals surface area contributed by atoms with Crippen LogP contribution < -0.4 is 5.32 Å². The lowest BCUT2D eigenvalue weighted by Gasteiger charge is -2.33. The molecule has 1 aliphatic rings. The highest BCUT2D eigenvalue weighted by molar-refractivity contribution is 9.10. The van der Waals surface area contributed by atoms with E-state index in [1.807, 2.05) is 20.8 Å². The van der Waals surface area contributed by atoms with Gasteiger partial charge < -0.3 is 10.1 Å². The van der Waals surface area contributed by atoms with Gasteiger partial charge in [0.05, 0.1) is 0 Å². The topological polar surface area (TPSA) is 41.6 Å². The summed E-state index contributed by atoms with van der Waals surface area (Å²) >= 11 is 3.56. The normalized spacial score (nSPS) is 19.4. The average Bonchev–Trinajstić information content (AvgIpc) is 2.35. The quantitative estimate of drug-likeness (QED) is 0.849. The maximum Gasteiger partial charge on any atom is 0.407 e. The first-order valence-corrected chi connectivity index (χ1v) is 8.98. The zero-order chi connectivity index (χ0) is 17.0. The van der Waals surface area contributed by atoms with E-state index in [0.717, 1.165) is 36.9 Å². The number of alkyl carbamates (subject to hydrolysis) is 1. The van der Waals surface area contributed by atoms with Gasteiger partial charge in [-0.15, -0.1) is 0 Å². The van der Waals surface area contributed by atoms with E-state index in [-0.39, 0.29) is 12.1 Å². The first-order chi connectivity index (χ1) is 10.7. The monoisotopic (exact) mass is 382 g/mol. The van der Waals surface area contributed by atoms with Gasteiger partial charge in [0.15, 0.2) is 0 Å². The number of halogens is 1. The Morgan fingerprint density at radius 3 is 2.78 bits per heavy atom. The highest BCUT2D eigenvalue weighted by Gasteiger charge is 2.24. The van der Waals surface area contributed by atoms with Crippen molar-refractivity contribution in [3.63, 3.8) is 0 Å². The van der Waals surface area contributed by atoms with Crippen LogP contribution in [0.3, 0.4) is 0 Å². The lowest BCUT2D eigenvalue weighted by atomic mass is 10.0. The molecule has 128 valence electrons. The second-order valence-electron chi connectivity index (χ2n) is 7.36. The molecule has 23 heavy (non-hydrogen) atoms. The molecule has 1 aliphatic heterocycles. The molecule has 0 aliphatic carbocycles. The number of piperidine rings is 1. The van der Waals surface area contributed by atoms with Crippen molar-refractivity contribution >= 4 is 22.0 Å². The fraction of sp³-hybridized carbons (Fsp3) is 0.611. The van der Waals surface area contributed by atoms with Gasteiger partial charge in [-0.25, -0.2) is 4.79 Å². The van der Waals surface area contributed by atoms with Crippen molar-refractivity contribution in [1.29, 1.82) is 0 Å². The Morgan fingerprint density at radius 1 is 1.39 bits per heavy atom. The molecular weight excluding hydrogens is 356 g/mol. The molecule has 1 aromatic carbocycles. The highest BCUT2D eigenvalue weighted by Crippen LogP contribution is 2.19. The minimum absolute atomic E-state index is 0.159. The van der Waals surface area contributed by atoms with Gasteiger partial charge in [0.2, 0.25) is 0 Å². The SMILES string of the molecule is Cc1cc(Br)cc(CN2CCCC(NC(=O)OC(C)(C)C)C2)c1. The fourth-order valence-electron chi connectivity index (χ4n) is 2.95. The Balaban J connectivity index is 1.89. The van der Waals surface area contributed by atoms with Gasteiger partial charge >= 0.3 is 6.09 Å². The molecule has 0 bridgehead atoms. The maximum atomic E-state index is 11.9. The van der Waals surface area contributed by atoms with Crippen molar-refractivity contribution in [3.8, 4) is 0 Å². The number of rotatable bonds is 3. The first kappa shape index (κ1) is 18.3. The van der Waals surface area contributed by atoms with E-state index in [1.165, 1.54) is 11.1 Å². The maximum absolute atomic E-state index is 11.9. The molecule has 1 unspecified atom stereocenters. The van der Waals surface area contributed by atoms with Crippen LogP contribution in [0, 0.1) is 6.92 Å². The van der Waals surface area contributed by atoms with E-state index in [9.17, 15) is 4.79 Å². The molecule has 0 saturated carbocycles. The summed E-state index contributed by atoms with van der Waals surface area (Å²) in [4.78, 5) is 14.3. The molecule has 0 spiro atoms. The molecule has 1 N–H and O–H groups in total. The predicted molar refractivity (Wildman–Crippen MR) is 96.5 cm³/mol. The average molecular weight is 383 g/mol. The molecule has 1 amide bonds. The van der Waals surface area contributed by atoms with Crippen LogP contribution in [0.15, 0.2) is 22.7 Å². The molecule has 1 fully saturated rings. The standard InChI is InChI=1S/C18H27BrN2O2/c1-13-8-14(10-15(19)9-13)11-21-7-5-6-16(12-21)20-17(22)23-18(2,3)4/h8-10,16H,5-7,11-12H2,1-4H3,(H,20,22). The van der Waals surface area contributed by atoms with Crippen molar-refractivity contribution < 1.29 is 9.53 Å². The van der Waals surface area contributed by atoms with Crippen molar-refractivity contribution in [2.45, 2.75) is 58.7 Å². The van der Waals surface area contributed by atoms with Crippen LogP contribution in [0.1, 0.15) is 44.7 Å². The number of hydrogen-bond donors (Lipinski definition) is 1. The molecule has 1 aromatic rings. The Kier molecular flexibility index (Phi) is 6.09. The highest BCUT2D eigenvalue weighted by atomic mass is 79.9. The van der Waals surface area contributed by atoms with Crippen LogP contribution in [-0.2, 0) is 11.3 Å². The second kappa shape index (κ2) is 7.67. The molecule has 5 heteroatoms. The Labute approximate surface area is 147 Å². The van der Waals surface area contributed by atoms with Crippen LogP contribution in [0.5, 0.6) is 0 Å². The Hall–Kier alpha value is -1.07. The summed E-state index contributed by atoms with van der Waals surface area (Å²) in [5.74, 6) is 0. The van der Waals surface area contributed by atoms with Crippen molar-refractivity contribution in [2.75, 3.05) is 13.1 Å². The fourth-order valence-corrected chi connectivity index (χ4v) is 3.61. The lowest BCUT2D eigenvalue weighted by Crippen LogP contribution is -2.48. The van der Waals surface area contributed by atoms with E-state index in [2.05, 4.69) is 51.3 Å². The summed E-state index contributed by atoms with van der Waals surface area (Å²) in [5.41, 5.74) is 2.11. The van der Waals surface area contributed by atoms with Crippen molar-refractivity contribution in [1.82, 2.24) is 10.2 Å². The van der Waals surface area contributed by atoms with Crippen LogP contribution in [0.4, 0.5) is 4.79 Å². The van der Waals surface area contributed by atoms with Gasteiger partial charge in [-0.1, -0.05) is 22.0 Å². The smallest absolute Gasteiger partial charge is 0.407 e. The van der Waals surface area contributed by atoms with E-state index in [1.54, 1.807) is 0 Å². The molecule has 1 atom stereocenters. The Morgan fingerprint density at radius 2 is 2.13 bits per heavy atom. The van der Waals surface area contributed by atoms with Gasteiger partial charge in [-0.3, -0.25) is 4.90 Å². The lowest BCUT2D eigenvalue weighted by molar-refractivity contribution is 0.0470. The third-order valence-corrected chi connectivity index (χ3v) is 4.19. The van der Waals surface area contributed by atoms with Crippen LogP contribution >= 0.6 is 15.9 Å². The minimum atomic E-state index is -0.452. The summed E-state index contributed by atoms with van der Waals surface area (Å²) in [6.45, 7) is 10.6. The van der Waals surface area contributed by atoms with Gasteiger partial charge in [0.25, 0.3) is 0 Å². The third-order valence-electron chi connectivity index (χ3n) is 3.73. The molecule has 1 heterocycles. The first-order valence-electron chi connectivity index (χ1n) is 8.19. The number of aryl methyl sites for hydroxylation is 1. The summed E-state index contributed by atoms with van der Waals surface area (Å²) in [6, 6.07) is 6.66. The van der Waals surface area contributed by atoms with Gasteiger partial charge in [-0.2, -0.15) is 0 Å². The number of carbonyl (C=O) groups is 1. The molecule has 4 nitrogen and oxygen atoms in total. The summed E-state index contributed by atoms with van der Waals surface area (Å²) in [7, 11) is 0. The Bertz CT molecular complexity index is 534. The number of nitrogens with one attached hydrogen (secondary N) is 1. The molecule has 1 saturated heterocycles. The number of amides is 1. The van der Waals surface area contributed by atoms with Crippen LogP contribution in [0.2, 0.25) is 0 Å². The largest absolute Gasteiger partial charge is 0.444 e. The van der Waals surface area contributed by atoms with E-state index < -0.39 is 5.60 Å². The third kappa shape index (κ3) is 6.51. The predicted octanol–water partition coefficient (Wildman–Crippen LogP) is 4.25. The number of nitrogens with zero attached hydrogens (tertiary/aromatic N) is 1. The second-order valence-corrected chi connectivity index (χ2v) is 8.27. The summed E-state index contributed by atoms with van der Waals surface area (Å²) in [6.07, 6.45) is 1.78. The minimum Gasteiger partial charge on any atom is -0.444 e. The summed E-state index contributed by atoms with van der Waals surface area (Å²) in [5, 5.41) is 3.00. The summed E-state index contributed by atoms with van der Waals surface area (Å²) < 4.78 is 6.47. The van der Waals surface area contributed by atoms with Crippen LogP contribution in [-0.4, -0.2) is 35.7 Å². The zero-order valence-corrected chi connectivity index (χ0v) is 16.1.